The molecule has 0 aliphatic rings. The molecule has 10 rings (SSSR count). The maximum atomic E-state index is 13.7. The Morgan fingerprint density at radius 3 is 1.33 bits per heavy atom. The van der Waals surface area contributed by atoms with Gasteiger partial charge in [-0.1, -0.05) is 86.0 Å². The van der Waals surface area contributed by atoms with Gasteiger partial charge < -0.3 is 29.6 Å². The number of aryl methyl sites for hydroxylation is 2. The number of ketones is 2. The first-order valence-corrected chi connectivity index (χ1v) is 25.8. The van der Waals surface area contributed by atoms with E-state index < -0.39 is 46.7 Å². The molecule has 0 saturated carbocycles. The number of rotatable bonds is 16. The molecule has 0 fully saturated rings. The van der Waals surface area contributed by atoms with Gasteiger partial charge in [0.05, 0.1) is 47.8 Å². The van der Waals surface area contributed by atoms with Gasteiger partial charge in [-0.15, -0.1) is 0 Å². The van der Waals surface area contributed by atoms with Crippen molar-refractivity contribution in [3.63, 3.8) is 0 Å². The molecule has 2 amide bonds. The van der Waals surface area contributed by atoms with Gasteiger partial charge >= 0.3 is 12.4 Å². The Bertz CT molecular complexity index is 4270. The number of Topliss-reactive ketones (excluding diaryl/α,β-unsaturated/α-hetero) is 2. The second kappa shape index (κ2) is 24.4. The van der Waals surface area contributed by atoms with Crippen molar-refractivity contribution < 1.29 is 64.5 Å². The number of amides is 2. The highest BCUT2D eigenvalue weighted by Gasteiger charge is 2.35. The van der Waals surface area contributed by atoms with Crippen LogP contribution in [0.1, 0.15) is 54.1 Å². The number of benzene rings is 8. The van der Waals surface area contributed by atoms with E-state index in [4.69, 9.17) is 18.9 Å². The monoisotopic (exact) mass is 1140 g/mol. The molecule has 0 saturated heterocycles. The van der Waals surface area contributed by atoms with Crippen LogP contribution in [0.5, 0.6) is 34.5 Å². The predicted molar refractivity (Wildman–Crippen MR) is 311 cm³/mol. The number of aromatic nitrogens is 2. The molecule has 84 heavy (non-hydrogen) atoms. The minimum atomic E-state index is -4.74. The fourth-order valence-electron chi connectivity index (χ4n) is 9.61. The molecule has 0 unspecified atom stereocenters. The Hall–Kier alpha value is -10.4. The first-order valence-electron chi connectivity index (χ1n) is 25.8. The van der Waals surface area contributed by atoms with E-state index in [0.717, 1.165) is 69.4 Å². The molecule has 2 N–H and O–H groups in total. The van der Waals surface area contributed by atoms with Crippen molar-refractivity contribution in [1.29, 1.82) is 0 Å². The van der Waals surface area contributed by atoms with Crippen LogP contribution in [0.25, 0.3) is 43.4 Å². The normalized spacial score (nSPS) is 11.4. The van der Waals surface area contributed by atoms with Gasteiger partial charge in [-0.2, -0.15) is 26.3 Å². The number of nitrogens with zero attached hydrogens (tertiary/aromatic N) is 2. The summed E-state index contributed by atoms with van der Waals surface area (Å²) in [5, 5.41) is 8.41. The van der Waals surface area contributed by atoms with Crippen molar-refractivity contribution in [2.45, 2.75) is 39.0 Å². The van der Waals surface area contributed by atoms with Crippen LogP contribution in [0.15, 0.2) is 183 Å². The number of anilines is 2. The maximum absolute atomic E-state index is 13.7. The number of pyridine rings is 2. The lowest BCUT2D eigenvalue weighted by Crippen LogP contribution is -2.15. The lowest BCUT2D eigenvalue weighted by Gasteiger charge is -2.15. The summed E-state index contributed by atoms with van der Waals surface area (Å²) < 4.78 is 105. The molecular weight excluding hydrogens is 1090 g/mol. The molecule has 2 heterocycles. The van der Waals surface area contributed by atoms with Gasteiger partial charge in [-0.3, -0.25) is 29.1 Å². The van der Waals surface area contributed by atoms with E-state index in [1.807, 2.05) is 50.2 Å². The number of alkyl halides is 6. The fourth-order valence-corrected chi connectivity index (χ4v) is 9.61. The van der Waals surface area contributed by atoms with Crippen molar-refractivity contribution in [3.8, 4) is 34.5 Å². The van der Waals surface area contributed by atoms with Crippen molar-refractivity contribution in [3.05, 3.63) is 228 Å². The lowest BCUT2D eigenvalue weighted by atomic mass is 9.96. The second-order valence-electron chi connectivity index (χ2n) is 19.2. The zero-order valence-corrected chi connectivity index (χ0v) is 45.4. The first-order chi connectivity index (χ1) is 40.2. The Morgan fingerprint density at radius 1 is 0.464 bits per heavy atom. The third-order valence-electron chi connectivity index (χ3n) is 13.6. The van der Waals surface area contributed by atoms with Gasteiger partial charge in [-0.25, -0.2) is 0 Å². The molecule has 0 radical (unpaired) electrons. The van der Waals surface area contributed by atoms with Gasteiger partial charge in [0.2, 0.25) is 11.8 Å². The number of hydrogen-bond acceptors (Lipinski definition) is 10. The van der Waals surface area contributed by atoms with Gasteiger partial charge in [0.25, 0.3) is 0 Å². The zero-order valence-electron chi connectivity index (χ0n) is 45.4. The second-order valence-corrected chi connectivity index (χ2v) is 19.2. The maximum Gasteiger partial charge on any atom is 0.418 e. The van der Waals surface area contributed by atoms with E-state index in [9.17, 15) is 45.5 Å². The Labute approximate surface area is 477 Å². The van der Waals surface area contributed by atoms with E-state index in [0.29, 0.717) is 72.7 Å². The minimum absolute atomic E-state index is 0.154. The number of methoxy groups -OCH3 is 2. The van der Waals surface area contributed by atoms with Crippen LogP contribution in [0.3, 0.4) is 0 Å². The molecule has 0 atom stereocenters. The standard InChI is InChI=1S/2C33H25F3N2O4/c1-4-32(40)38-26-12-11-20(16-25(26)33(34,35)36)17-28(39)22-8-5-9-23-21(22)7-6-10-29(23)42-30-13-14-37-27-15-19(2)31(41-3)18-24(27)30;1-4-32(40)38-27-16-20(11-12-25(27)33(34,35)36)17-28(39)22-8-5-9-23-21(22)7-6-10-29(23)42-30-13-14-37-26-15-19(2)31(41-3)18-24(26)30/h2*4-16,18H,1,17H2,2-3H3,(H,38,40). The van der Waals surface area contributed by atoms with E-state index in [1.165, 1.54) is 12.1 Å². The molecule has 8 aromatic carbocycles. The van der Waals surface area contributed by atoms with Gasteiger partial charge in [0.15, 0.2) is 11.6 Å². The molecule has 18 heteroatoms. The highest BCUT2D eigenvalue weighted by Crippen LogP contribution is 2.41. The molecule has 0 aliphatic carbocycles. The quantitative estimate of drug-likeness (QED) is 0.0543. The summed E-state index contributed by atoms with van der Waals surface area (Å²) >= 11 is 0. The molecule has 0 aliphatic heterocycles. The van der Waals surface area contributed by atoms with Crippen LogP contribution in [-0.2, 0) is 34.8 Å². The van der Waals surface area contributed by atoms with Crippen LogP contribution in [-0.4, -0.2) is 47.6 Å². The van der Waals surface area contributed by atoms with Crippen LogP contribution in [0, 0.1) is 13.8 Å². The average Bonchev–Trinajstić information content (AvgIpc) is 2.21. The van der Waals surface area contributed by atoms with E-state index in [1.54, 1.807) is 99.4 Å². The molecule has 10 aromatic rings. The molecule has 424 valence electrons. The lowest BCUT2D eigenvalue weighted by molar-refractivity contribution is -0.137. The van der Waals surface area contributed by atoms with E-state index >= 15 is 0 Å². The number of nitrogens with one attached hydrogen (secondary N) is 2. The molecule has 0 bridgehead atoms. The third-order valence-corrected chi connectivity index (χ3v) is 13.6. The first kappa shape index (κ1) is 58.3. The summed E-state index contributed by atoms with van der Waals surface area (Å²) in [6.07, 6.45) is -4.85. The number of carbonyl (C=O) groups excluding carboxylic acids is 4. The number of carbonyl (C=O) groups is 4. The highest BCUT2D eigenvalue weighted by molar-refractivity contribution is 6.11. The summed E-state index contributed by atoms with van der Waals surface area (Å²) in [7, 11) is 3.18. The summed E-state index contributed by atoms with van der Waals surface area (Å²) in [4.78, 5) is 59.1. The Balaban J connectivity index is 0.000000202. The van der Waals surface area contributed by atoms with Crippen molar-refractivity contribution in [2.75, 3.05) is 24.9 Å². The average molecular weight is 1140 g/mol. The summed E-state index contributed by atoms with van der Waals surface area (Å²) in [6, 6.07) is 38.7. The van der Waals surface area contributed by atoms with Crippen LogP contribution in [0.4, 0.5) is 37.7 Å². The van der Waals surface area contributed by atoms with Crippen LogP contribution in [0.2, 0.25) is 0 Å². The van der Waals surface area contributed by atoms with Crippen molar-refractivity contribution in [2.24, 2.45) is 0 Å². The van der Waals surface area contributed by atoms with Crippen molar-refractivity contribution >= 4 is 78.1 Å². The minimum Gasteiger partial charge on any atom is -0.496 e. The van der Waals surface area contributed by atoms with Crippen LogP contribution < -0.4 is 29.6 Å². The third kappa shape index (κ3) is 12.7. The molecule has 12 nitrogen and oxygen atoms in total. The predicted octanol–water partition coefficient (Wildman–Crippen LogP) is 16.1. The fraction of sp³-hybridized carbons (Fsp3) is 0.121. The summed E-state index contributed by atoms with van der Waals surface area (Å²) in [5.41, 5.74) is 1.61. The van der Waals surface area contributed by atoms with Gasteiger partial charge in [-0.05, 0) is 132 Å². The smallest absolute Gasteiger partial charge is 0.418 e. The highest BCUT2D eigenvalue weighted by atomic mass is 19.4. The van der Waals surface area contributed by atoms with Crippen molar-refractivity contribution in [1.82, 2.24) is 9.97 Å². The Kier molecular flexibility index (Phi) is 16.9. The number of fused-ring (bicyclic) bond motifs is 4. The van der Waals surface area contributed by atoms with Gasteiger partial charge in [0.1, 0.15) is 34.5 Å². The summed E-state index contributed by atoms with van der Waals surface area (Å²) in [6.45, 7) is 10.4. The van der Waals surface area contributed by atoms with E-state index in [-0.39, 0.29) is 30.0 Å². The summed E-state index contributed by atoms with van der Waals surface area (Å²) in [5.74, 6) is 1.25. The SMILES string of the molecule is C=CC(=O)Nc1cc(CC(=O)c2cccc3c(Oc4ccnc5cc(C)c(OC)cc45)cccc23)ccc1C(F)(F)F.C=CC(=O)Nc1ccc(CC(=O)c2cccc3c(Oc4ccnc5cc(C)c(OC)cc45)cccc23)cc1C(F)(F)F. The zero-order chi connectivity index (χ0) is 60.0. The molecular formula is C66H50F6N4O8. The number of ether oxygens (including phenoxy) is 4. The topological polar surface area (TPSA) is 155 Å². The van der Waals surface area contributed by atoms with E-state index in [2.05, 4.69) is 33.8 Å². The molecule has 2 aromatic heterocycles. The van der Waals surface area contributed by atoms with Gasteiger partial charge in [0, 0.05) is 57.9 Å². The number of hydrogen-bond donors (Lipinski definition) is 2. The number of halogens is 6. The largest absolute Gasteiger partial charge is 0.496 e. The molecule has 0 spiro atoms. The van der Waals surface area contributed by atoms with Crippen LogP contribution >= 0.6 is 0 Å². The Morgan fingerprint density at radius 2 is 0.881 bits per heavy atom.